The molecule has 0 spiro atoms. The lowest BCUT2D eigenvalue weighted by molar-refractivity contribution is -0.345. The highest BCUT2D eigenvalue weighted by Crippen LogP contribution is 2.44. The number of allylic oxidation sites excluding steroid dienone is 2. The van der Waals surface area contributed by atoms with Gasteiger partial charge in [-0.15, -0.1) is 0 Å². The van der Waals surface area contributed by atoms with Crippen LogP contribution >= 0.6 is 0 Å². The van der Waals surface area contributed by atoms with Crippen molar-refractivity contribution in [3.63, 3.8) is 0 Å². The summed E-state index contributed by atoms with van der Waals surface area (Å²) in [4.78, 5) is 0. The third kappa shape index (κ3) is 4.98. The summed E-state index contributed by atoms with van der Waals surface area (Å²) >= 11 is 0. The van der Waals surface area contributed by atoms with E-state index < -0.39 is 0 Å². The average molecular weight is 401 g/mol. The monoisotopic (exact) mass is 400 g/mol. The fourth-order valence-corrected chi connectivity index (χ4v) is 4.31. The van der Waals surface area contributed by atoms with Crippen molar-refractivity contribution in [2.24, 2.45) is 0 Å². The Balaban J connectivity index is 2.11. The summed E-state index contributed by atoms with van der Waals surface area (Å²) in [6.45, 7) is 8.71. The van der Waals surface area contributed by atoms with Crippen LogP contribution in [0.5, 0.6) is 0 Å². The van der Waals surface area contributed by atoms with E-state index in [0.717, 1.165) is 48.2 Å². The number of nitrogens with zero attached hydrogens (tertiary/aromatic N) is 2. The van der Waals surface area contributed by atoms with Gasteiger partial charge in [-0.25, -0.2) is 4.70 Å². The maximum absolute atomic E-state index is 11.5. The van der Waals surface area contributed by atoms with Crippen molar-refractivity contribution in [2.45, 2.75) is 79.1 Å². The van der Waals surface area contributed by atoms with Gasteiger partial charge < -0.3 is 5.53 Å². The Hall–Kier alpha value is -2.48. The predicted molar refractivity (Wildman–Crippen MR) is 128 cm³/mol. The Morgan fingerprint density at radius 3 is 1.30 bits per heavy atom. The fraction of sp³-hybridized carbons (Fsp3) is 0.429. The second kappa shape index (κ2) is 10.5. The van der Waals surface area contributed by atoms with E-state index in [2.05, 4.69) is 76.2 Å². The van der Waals surface area contributed by atoms with Crippen molar-refractivity contribution in [3.8, 4) is 0 Å². The quantitative estimate of drug-likeness (QED) is 0.282. The molecule has 0 aromatic heterocycles. The van der Waals surface area contributed by atoms with Crippen LogP contribution in [0.4, 0.5) is 0 Å². The average Bonchev–Trinajstić information content (AvgIpc) is 3.01. The molecule has 3 rings (SSSR count). The van der Waals surface area contributed by atoms with Crippen molar-refractivity contribution < 1.29 is 4.70 Å². The zero-order chi connectivity index (χ0) is 21.5. The summed E-state index contributed by atoms with van der Waals surface area (Å²) in [7, 11) is 0. The molecule has 0 aliphatic carbocycles. The SMILES string of the molecule is CCCCCC1=C(c2ccc(C)cc2)[N+](=[N-])C(c2ccc(C)cc2)=C1CCCCC. The first kappa shape index (κ1) is 22.2. The molecule has 0 unspecified atom stereocenters. The number of benzene rings is 2. The Labute approximate surface area is 182 Å². The van der Waals surface area contributed by atoms with Crippen LogP contribution in [0, 0.1) is 13.8 Å². The maximum atomic E-state index is 11.5. The molecule has 0 saturated carbocycles. The van der Waals surface area contributed by atoms with Crippen LogP contribution in [-0.2, 0) is 0 Å². The van der Waals surface area contributed by atoms with E-state index in [1.165, 1.54) is 52.7 Å². The van der Waals surface area contributed by atoms with Crippen LogP contribution < -0.4 is 0 Å². The molecule has 1 heterocycles. The van der Waals surface area contributed by atoms with E-state index in [1.807, 2.05) is 0 Å². The van der Waals surface area contributed by atoms with E-state index in [1.54, 1.807) is 0 Å². The zero-order valence-electron chi connectivity index (χ0n) is 19.2. The molecule has 0 fully saturated rings. The molecule has 0 N–H and O–H groups in total. The smallest absolute Gasteiger partial charge is 0.211 e. The molecule has 0 saturated heterocycles. The summed E-state index contributed by atoms with van der Waals surface area (Å²) in [5.74, 6) is 0. The third-order valence-corrected chi connectivity index (χ3v) is 6.07. The molecular formula is C28H36N2. The van der Waals surface area contributed by atoms with Crippen molar-refractivity contribution in [2.75, 3.05) is 0 Å². The zero-order valence-corrected chi connectivity index (χ0v) is 19.2. The molecular weight excluding hydrogens is 364 g/mol. The molecule has 30 heavy (non-hydrogen) atoms. The van der Waals surface area contributed by atoms with E-state index in [9.17, 15) is 5.53 Å². The molecule has 0 atom stereocenters. The Morgan fingerprint density at radius 1 is 0.600 bits per heavy atom. The number of hydrogen-bond donors (Lipinski definition) is 0. The predicted octanol–water partition coefficient (Wildman–Crippen LogP) is 8.63. The second-order valence-electron chi connectivity index (χ2n) is 8.61. The fourth-order valence-electron chi connectivity index (χ4n) is 4.31. The molecule has 0 radical (unpaired) electrons. The minimum Gasteiger partial charge on any atom is -0.493 e. The van der Waals surface area contributed by atoms with Gasteiger partial charge in [-0.05, 0) is 63.8 Å². The highest BCUT2D eigenvalue weighted by molar-refractivity contribution is 5.82. The molecule has 1 aliphatic rings. The standard InChI is InChI=1S/C28H36N2/c1-5-7-9-11-25-26(12-10-8-6-2)28(24-19-15-22(4)16-20-24)30(29)27(25)23-17-13-21(3)14-18-23/h13-20H,5-12H2,1-4H3. The van der Waals surface area contributed by atoms with Gasteiger partial charge in [0.25, 0.3) is 0 Å². The molecule has 2 aromatic carbocycles. The van der Waals surface area contributed by atoms with E-state index in [4.69, 9.17) is 0 Å². The first-order chi connectivity index (χ1) is 14.6. The highest BCUT2D eigenvalue weighted by atomic mass is 15.2. The topological polar surface area (TPSA) is 25.3 Å². The van der Waals surface area contributed by atoms with Crippen LogP contribution in [0.25, 0.3) is 16.9 Å². The van der Waals surface area contributed by atoms with Crippen LogP contribution in [-0.4, -0.2) is 4.70 Å². The maximum Gasteiger partial charge on any atom is 0.211 e. The molecule has 2 aromatic rings. The van der Waals surface area contributed by atoms with Gasteiger partial charge in [-0.3, -0.25) is 0 Å². The number of aryl methyl sites for hydroxylation is 2. The summed E-state index contributed by atoms with van der Waals surface area (Å²) in [6, 6.07) is 17.2. The van der Waals surface area contributed by atoms with Crippen molar-refractivity contribution in [1.82, 2.24) is 0 Å². The minimum absolute atomic E-state index is 0.980. The van der Waals surface area contributed by atoms with E-state index in [-0.39, 0.29) is 0 Å². The Bertz CT molecular complexity index is 850. The van der Waals surface area contributed by atoms with Gasteiger partial charge in [-0.2, -0.15) is 0 Å². The van der Waals surface area contributed by atoms with Crippen LogP contribution in [0.2, 0.25) is 0 Å². The summed E-state index contributed by atoms with van der Waals surface area (Å²) < 4.78 is 1.48. The first-order valence-corrected chi connectivity index (χ1v) is 11.7. The Kier molecular flexibility index (Phi) is 7.79. The van der Waals surface area contributed by atoms with Crippen molar-refractivity contribution >= 4 is 11.4 Å². The van der Waals surface area contributed by atoms with Gasteiger partial charge in [-0.1, -0.05) is 74.9 Å². The second-order valence-corrected chi connectivity index (χ2v) is 8.61. The lowest BCUT2D eigenvalue weighted by Gasteiger charge is -2.10. The van der Waals surface area contributed by atoms with E-state index in [0.29, 0.717) is 0 Å². The lowest BCUT2D eigenvalue weighted by atomic mass is 9.91. The van der Waals surface area contributed by atoms with Crippen molar-refractivity contribution in [3.05, 3.63) is 87.5 Å². The largest absolute Gasteiger partial charge is 0.493 e. The molecule has 0 amide bonds. The van der Waals surface area contributed by atoms with Gasteiger partial charge in [0, 0.05) is 22.3 Å². The van der Waals surface area contributed by atoms with Gasteiger partial charge in [0.05, 0.1) is 0 Å². The van der Waals surface area contributed by atoms with E-state index >= 15 is 0 Å². The van der Waals surface area contributed by atoms with Gasteiger partial charge in [0.2, 0.25) is 11.4 Å². The van der Waals surface area contributed by atoms with Crippen molar-refractivity contribution in [1.29, 1.82) is 0 Å². The first-order valence-electron chi connectivity index (χ1n) is 11.7. The molecule has 2 heteroatoms. The summed E-state index contributed by atoms with van der Waals surface area (Å²) in [5, 5.41) is 0. The number of rotatable bonds is 10. The summed E-state index contributed by atoms with van der Waals surface area (Å²) in [6.07, 6.45) is 9.21. The van der Waals surface area contributed by atoms with Gasteiger partial charge in [0.1, 0.15) is 0 Å². The molecule has 1 aliphatic heterocycles. The number of hydrogen-bond acceptors (Lipinski definition) is 0. The van der Waals surface area contributed by atoms with Gasteiger partial charge in [0.15, 0.2) is 0 Å². The lowest BCUT2D eigenvalue weighted by Crippen LogP contribution is -2.02. The number of unbranched alkanes of at least 4 members (excludes halogenated alkanes) is 4. The molecule has 2 nitrogen and oxygen atoms in total. The molecule has 158 valence electrons. The van der Waals surface area contributed by atoms with Crippen LogP contribution in [0.1, 0.15) is 87.5 Å². The Morgan fingerprint density at radius 2 is 0.967 bits per heavy atom. The normalized spacial score (nSPS) is 14.2. The molecule has 0 bridgehead atoms. The minimum atomic E-state index is 0.980. The third-order valence-electron chi connectivity index (χ3n) is 6.07. The van der Waals surface area contributed by atoms with Crippen LogP contribution in [0.15, 0.2) is 59.7 Å². The van der Waals surface area contributed by atoms with Gasteiger partial charge >= 0.3 is 0 Å². The summed E-state index contributed by atoms with van der Waals surface area (Å²) in [5.41, 5.74) is 20.8. The van der Waals surface area contributed by atoms with Crippen LogP contribution in [0.3, 0.4) is 0 Å². The highest BCUT2D eigenvalue weighted by Gasteiger charge is 2.34.